The van der Waals surface area contributed by atoms with Crippen molar-refractivity contribution in [1.82, 2.24) is 15.2 Å². The molecule has 0 spiro atoms. The largest absolute Gasteiger partial charge is 0.314 e. The van der Waals surface area contributed by atoms with Crippen LogP contribution in [0.15, 0.2) is 24.4 Å². The molecule has 2 rings (SSSR count). The number of pyridine rings is 1. The van der Waals surface area contributed by atoms with Crippen LogP contribution in [0.4, 0.5) is 0 Å². The number of hydrogen-bond donors (Lipinski definition) is 1. The van der Waals surface area contributed by atoms with E-state index in [0.29, 0.717) is 11.5 Å². The molecule has 1 heterocycles. The zero-order valence-electron chi connectivity index (χ0n) is 14.1. The van der Waals surface area contributed by atoms with E-state index < -0.39 is 0 Å². The van der Waals surface area contributed by atoms with Gasteiger partial charge in [-0.1, -0.05) is 26.8 Å². The molecule has 1 aliphatic rings. The second kappa shape index (κ2) is 7.37. The van der Waals surface area contributed by atoms with Crippen LogP contribution in [0.1, 0.15) is 45.7 Å². The number of nitrogens with one attached hydrogen (secondary N) is 1. The van der Waals surface area contributed by atoms with E-state index in [1.54, 1.807) is 0 Å². The predicted molar refractivity (Wildman–Crippen MR) is 89.2 cm³/mol. The van der Waals surface area contributed by atoms with E-state index in [2.05, 4.69) is 55.2 Å². The van der Waals surface area contributed by atoms with Crippen molar-refractivity contribution in [3.63, 3.8) is 0 Å². The summed E-state index contributed by atoms with van der Waals surface area (Å²) < 4.78 is 0. The summed E-state index contributed by atoms with van der Waals surface area (Å²) in [6, 6.07) is 6.84. The van der Waals surface area contributed by atoms with Gasteiger partial charge in [0.1, 0.15) is 0 Å². The minimum atomic E-state index is 0.489. The fourth-order valence-corrected chi connectivity index (χ4v) is 3.69. The highest BCUT2D eigenvalue weighted by atomic mass is 15.1. The molecule has 3 heteroatoms. The van der Waals surface area contributed by atoms with Gasteiger partial charge in [0.25, 0.3) is 0 Å². The Morgan fingerprint density at radius 2 is 2.19 bits per heavy atom. The molecule has 1 aromatic rings. The fraction of sp³-hybridized carbons (Fsp3) is 0.722. The molecule has 1 aliphatic carbocycles. The van der Waals surface area contributed by atoms with Crippen LogP contribution in [0.3, 0.4) is 0 Å². The van der Waals surface area contributed by atoms with Crippen LogP contribution < -0.4 is 5.32 Å². The Labute approximate surface area is 130 Å². The maximum Gasteiger partial charge on any atom is 0.0543 e. The van der Waals surface area contributed by atoms with E-state index in [9.17, 15) is 0 Å². The third-order valence-corrected chi connectivity index (χ3v) is 4.69. The standard InChI is InChI=1S/C18H31N3/c1-5-19-17-9-10-18(2,3)12-15(17)13-21(4)14-16-8-6-7-11-20-16/h6-8,11,15,17,19H,5,9-10,12-14H2,1-4H3. The Hall–Kier alpha value is -0.930. The number of hydrogen-bond acceptors (Lipinski definition) is 3. The summed E-state index contributed by atoms with van der Waals surface area (Å²) in [5.41, 5.74) is 1.65. The van der Waals surface area contributed by atoms with Crippen molar-refractivity contribution in [2.45, 2.75) is 52.6 Å². The van der Waals surface area contributed by atoms with Crippen molar-refractivity contribution >= 4 is 0 Å². The van der Waals surface area contributed by atoms with E-state index in [1.807, 2.05) is 12.3 Å². The third kappa shape index (κ3) is 5.08. The average molecular weight is 289 g/mol. The molecule has 1 N–H and O–H groups in total. The summed E-state index contributed by atoms with van der Waals surface area (Å²) >= 11 is 0. The molecule has 1 aromatic heterocycles. The number of rotatable bonds is 6. The maximum absolute atomic E-state index is 4.44. The molecule has 1 saturated carbocycles. The molecule has 0 aromatic carbocycles. The van der Waals surface area contributed by atoms with Gasteiger partial charge in [0.05, 0.1) is 5.69 Å². The predicted octanol–water partition coefficient (Wildman–Crippen LogP) is 3.32. The molecule has 0 radical (unpaired) electrons. The van der Waals surface area contributed by atoms with Crippen LogP contribution >= 0.6 is 0 Å². The van der Waals surface area contributed by atoms with E-state index >= 15 is 0 Å². The second-order valence-corrected chi connectivity index (χ2v) is 7.35. The van der Waals surface area contributed by atoms with Gasteiger partial charge in [0, 0.05) is 25.3 Å². The Kier molecular flexibility index (Phi) is 5.77. The van der Waals surface area contributed by atoms with E-state index in [0.717, 1.165) is 31.2 Å². The lowest BCUT2D eigenvalue weighted by atomic mass is 9.69. The summed E-state index contributed by atoms with van der Waals surface area (Å²) in [5, 5.41) is 3.70. The van der Waals surface area contributed by atoms with Crippen LogP contribution in [-0.4, -0.2) is 36.1 Å². The van der Waals surface area contributed by atoms with Gasteiger partial charge in [-0.15, -0.1) is 0 Å². The Balaban J connectivity index is 1.93. The highest BCUT2D eigenvalue weighted by molar-refractivity contribution is 5.03. The van der Waals surface area contributed by atoms with Gasteiger partial charge >= 0.3 is 0 Å². The Morgan fingerprint density at radius 3 is 2.86 bits per heavy atom. The monoisotopic (exact) mass is 289 g/mol. The van der Waals surface area contributed by atoms with Gasteiger partial charge in [-0.05, 0) is 56.3 Å². The lowest BCUT2D eigenvalue weighted by Crippen LogP contribution is -2.46. The smallest absolute Gasteiger partial charge is 0.0543 e. The minimum Gasteiger partial charge on any atom is -0.314 e. The molecule has 0 saturated heterocycles. The van der Waals surface area contributed by atoms with Crippen molar-refractivity contribution in [2.75, 3.05) is 20.1 Å². The molecule has 3 nitrogen and oxygen atoms in total. The van der Waals surface area contributed by atoms with E-state index in [4.69, 9.17) is 0 Å². The summed E-state index contributed by atoms with van der Waals surface area (Å²) in [7, 11) is 2.22. The van der Waals surface area contributed by atoms with Crippen molar-refractivity contribution in [3.8, 4) is 0 Å². The molecule has 118 valence electrons. The quantitative estimate of drug-likeness (QED) is 0.871. The van der Waals surface area contributed by atoms with Crippen molar-refractivity contribution in [3.05, 3.63) is 30.1 Å². The van der Waals surface area contributed by atoms with Gasteiger partial charge in [-0.25, -0.2) is 0 Å². The van der Waals surface area contributed by atoms with Gasteiger partial charge < -0.3 is 10.2 Å². The van der Waals surface area contributed by atoms with Crippen molar-refractivity contribution in [1.29, 1.82) is 0 Å². The first-order valence-corrected chi connectivity index (χ1v) is 8.32. The lowest BCUT2D eigenvalue weighted by Gasteiger charge is -2.42. The first-order chi connectivity index (χ1) is 10.00. The molecular formula is C18H31N3. The summed E-state index contributed by atoms with van der Waals surface area (Å²) in [6.07, 6.45) is 5.85. The van der Waals surface area contributed by atoms with Gasteiger partial charge in [-0.3, -0.25) is 4.98 Å². The molecule has 0 bridgehead atoms. The minimum absolute atomic E-state index is 0.489. The Bertz CT molecular complexity index is 416. The molecule has 0 aliphatic heterocycles. The van der Waals surface area contributed by atoms with Gasteiger partial charge in [0.15, 0.2) is 0 Å². The fourth-order valence-electron chi connectivity index (χ4n) is 3.69. The summed E-state index contributed by atoms with van der Waals surface area (Å²) in [4.78, 5) is 6.87. The lowest BCUT2D eigenvalue weighted by molar-refractivity contribution is 0.107. The molecule has 21 heavy (non-hydrogen) atoms. The highest BCUT2D eigenvalue weighted by Gasteiger charge is 2.34. The van der Waals surface area contributed by atoms with Gasteiger partial charge in [-0.2, -0.15) is 0 Å². The Morgan fingerprint density at radius 1 is 1.38 bits per heavy atom. The molecule has 2 unspecified atom stereocenters. The average Bonchev–Trinajstić information content (AvgIpc) is 2.42. The molecule has 0 amide bonds. The van der Waals surface area contributed by atoms with Crippen LogP contribution in [0, 0.1) is 11.3 Å². The number of nitrogens with zero attached hydrogens (tertiary/aromatic N) is 2. The maximum atomic E-state index is 4.44. The van der Waals surface area contributed by atoms with Crippen LogP contribution in [0.25, 0.3) is 0 Å². The SMILES string of the molecule is CCNC1CCC(C)(C)CC1CN(C)Cc1ccccn1. The third-order valence-electron chi connectivity index (χ3n) is 4.69. The van der Waals surface area contributed by atoms with E-state index in [1.165, 1.54) is 19.3 Å². The zero-order chi connectivity index (χ0) is 15.3. The molecule has 2 atom stereocenters. The first-order valence-electron chi connectivity index (χ1n) is 8.32. The topological polar surface area (TPSA) is 28.2 Å². The van der Waals surface area contributed by atoms with Crippen LogP contribution in [0.2, 0.25) is 0 Å². The zero-order valence-corrected chi connectivity index (χ0v) is 14.1. The van der Waals surface area contributed by atoms with Gasteiger partial charge in [0.2, 0.25) is 0 Å². The molecular weight excluding hydrogens is 258 g/mol. The summed E-state index contributed by atoms with van der Waals surface area (Å²) in [6.45, 7) is 10.2. The van der Waals surface area contributed by atoms with Crippen LogP contribution in [-0.2, 0) is 6.54 Å². The highest BCUT2D eigenvalue weighted by Crippen LogP contribution is 2.39. The normalized spacial score (nSPS) is 25.2. The van der Waals surface area contributed by atoms with Crippen molar-refractivity contribution in [2.24, 2.45) is 11.3 Å². The number of aromatic nitrogens is 1. The van der Waals surface area contributed by atoms with E-state index in [-0.39, 0.29) is 0 Å². The summed E-state index contributed by atoms with van der Waals surface area (Å²) in [5.74, 6) is 0.738. The first kappa shape index (κ1) is 16.4. The van der Waals surface area contributed by atoms with Crippen molar-refractivity contribution < 1.29 is 0 Å². The van der Waals surface area contributed by atoms with Crippen LogP contribution in [0.5, 0.6) is 0 Å². The second-order valence-electron chi connectivity index (χ2n) is 7.35. The molecule has 1 fully saturated rings.